The van der Waals surface area contributed by atoms with Crippen LogP contribution in [0.25, 0.3) is 10.9 Å². The van der Waals surface area contributed by atoms with E-state index in [2.05, 4.69) is 16.8 Å². The molecule has 28 heavy (non-hydrogen) atoms. The van der Waals surface area contributed by atoms with Crippen molar-refractivity contribution in [3.63, 3.8) is 0 Å². The summed E-state index contributed by atoms with van der Waals surface area (Å²) < 4.78 is 29.9. The Kier molecular flexibility index (Phi) is 6.30. The first-order chi connectivity index (χ1) is 13.4. The predicted octanol–water partition coefficient (Wildman–Crippen LogP) is 2.87. The second-order valence-corrected chi connectivity index (χ2v) is 9.26. The van der Waals surface area contributed by atoms with Gasteiger partial charge < -0.3 is 14.8 Å². The summed E-state index contributed by atoms with van der Waals surface area (Å²) in [6.45, 7) is 8.58. The smallest absolute Gasteiger partial charge is 0.317 e. The molecule has 7 nitrogen and oxygen atoms in total. The van der Waals surface area contributed by atoms with Gasteiger partial charge in [0.05, 0.1) is 4.90 Å². The Bertz CT molecular complexity index is 938. The number of benzene rings is 1. The van der Waals surface area contributed by atoms with Crippen LogP contribution >= 0.6 is 0 Å². The molecule has 1 saturated heterocycles. The van der Waals surface area contributed by atoms with Gasteiger partial charge >= 0.3 is 6.03 Å². The molecule has 0 spiro atoms. The minimum absolute atomic E-state index is 0.109. The van der Waals surface area contributed by atoms with E-state index in [4.69, 9.17) is 0 Å². The highest BCUT2D eigenvalue weighted by molar-refractivity contribution is 7.89. The molecule has 1 aliphatic heterocycles. The molecular formula is C20H30N4O3S. The summed E-state index contributed by atoms with van der Waals surface area (Å²) in [5.41, 5.74) is 1.03. The Morgan fingerprint density at radius 1 is 1.14 bits per heavy atom. The zero-order valence-electron chi connectivity index (χ0n) is 16.9. The van der Waals surface area contributed by atoms with E-state index >= 15 is 0 Å². The highest BCUT2D eigenvalue weighted by Gasteiger charge is 2.28. The summed E-state index contributed by atoms with van der Waals surface area (Å²) >= 11 is 0. The average molecular weight is 407 g/mol. The molecule has 3 rings (SSSR count). The molecule has 2 heterocycles. The fraction of sp³-hybridized carbons (Fsp3) is 0.550. The van der Waals surface area contributed by atoms with Crippen molar-refractivity contribution in [3.05, 3.63) is 30.5 Å². The molecule has 1 aliphatic rings. The quantitative estimate of drug-likeness (QED) is 0.830. The Labute approximate surface area is 167 Å². The van der Waals surface area contributed by atoms with Gasteiger partial charge in [0.2, 0.25) is 10.0 Å². The van der Waals surface area contributed by atoms with Crippen molar-refractivity contribution in [3.8, 4) is 0 Å². The van der Waals surface area contributed by atoms with E-state index in [1.807, 2.05) is 32.2 Å². The van der Waals surface area contributed by atoms with E-state index in [1.54, 1.807) is 17.0 Å². The summed E-state index contributed by atoms with van der Waals surface area (Å²) in [6.07, 6.45) is 3.46. The molecule has 0 bridgehead atoms. The van der Waals surface area contributed by atoms with Gasteiger partial charge in [0.25, 0.3) is 0 Å². The minimum atomic E-state index is -3.59. The van der Waals surface area contributed by atoms with Crippen molar-refractivity contribution in [1.29, 1.82) is 0 Å². The lowest BCUT2D eigenvalue weighted by Gasteiger charge is -2.24. The number of sulfonamides is 1. The van der Waals surface area contributed by atoms with Crippen molar-refractivity contribution >= 4 is 27.0 Å². The lowest BCUT2D eigenvalue weighted by molar-refractivity contribution is 0.196. The second-order valence-electron chi connectivity index (χ2n) is 7.33. The van der Waals surface area contributed by atoms with E-state index < -0.39 is 10.0 Å². The number of hydrogen-bond acceptors (Lipinski definition) is 3. The van der Waals surface area contributed by atoms with Gasteiger partial charge in [-0.3, -0.25) is 0 Å². The Morgan fingerprint density at radius 2 is 1.93 bits per heavy atom. The standard InChI is InChI=1S/C20H30N4O3S/c1-4-16(3)21-20(25)23-10-6-11-24(14-13-23)28(26,27)18-7-8-19-17(15-18)9-12-22(19)5-2/h7-9,12,15-16H,4-6,10-11,13-14H2,1-3H3,(H,21,25). The van der Waals surface area contributed by atoms with Gasteiger partial charge in [-0.05, 0) is 51.0 Å². The molecule has 1 N–H and O–H groups in total. The van der Waals surface area contributed by atoms with E-state index in [-0.39, 0.29) is 12.1 Å². The highest BCUT2D eigenvalue weighted by Crippen LogP contribution is 2.24. The number of fused-ring (bicyclic) bond motifs is 1. The topological polar surface area (TPSA) is 74.7 Å². The van der Waals surface area contributed by atoms with Crippen LogP contribution < -0.4 is 5.32 Å². The Balaban J connectivity index is 1.74. The SMILES string of the molecule is CCC(C)NC(=O)N1CCCN(S(=O)(=O)c2ccc3c(ccn3CC)c2)CC1. The molecule has 0 aliphatic carbocycles. The van der Waals surface area contributed by atoms with Gasteiger partial charge in [-0.25, -0.2) is 13.2 Å². The molecule has 1 atom stereocenters. The monoisotopic (exact) mass is 406 g/mol. The summed E-state index contributed by atoms with van der Waals surface area (Å²) in [4.78, 5) is 14.4. The molecule has 1 aromatic heterocycles. The lowest BCUT2D eigenvalue weighted by Crippen LogP contribution is -2.45. The number of aromatic nitrogens is 1. The maximum Gasteiger partial charge on any atom is 0.317 e. The highest BCUT2D eigenvalue weighted by atomic mass is 32.2. The van der Waals surface area contributed by atoms with Gasteiger partial charge in [0.1, 0.15) is 0 Å². The van der Waals surface area contributed by atoms with Crippen LogP contribution in [0.3, 0.4) is 0 Å². The number of nitrogens with one attached hydrogen (secondary N) is 1. The molecule has 2 amide bonds. The first-order valence-corrected chi connectivity index (χ1v) is 11.4. The van der Waals surface area contributed by atoms with E-state index in [0.29, 0.717) is 37.5 Å². The van der Waals surface area contributed by atoms with Crippen molar-refractivity contribution in [2.75, 3.05) is 26.2 Å². The van der Waals surface area contributed by atoms with Crippen molar-refractivity contribution in [1.82, 2.24) is 19.1 Å². The van der Waals surface area contributed by atoms with Crippen LogP contribution in [0.4, 0.5) is 4.79 Å². The van der Waals surface area contributed by atoms with Crippen LogP contribution in [-0.2, 0) is 16.6 Å². The van der Waals surface area contributed by atoms with Crippen LogP contribution in [-0.4, -0.2) is 60.4 Å². The van der Waals surface area contributed by atoms with E-state index in [9.17, 15) is 13.2 Å². The number of carbonyl (C=O) groups excluding carboxylic acids is 1. The van der Waals surface area contributed by atoms with Crippen LogP contribution in [0.15, 0.2) is 35.4 Å². The van der Waals surface area contributed by atoms with Crippen molar-refractivity contribution < 1.29 is 13.2 Å². The maximum absolute atomic E-state index is 13.2. The fourth-order valence-electron chi connectivity index (χ4n) is 3.50. The number of carbonyl (C=O) groups is 1. The van der Waals surface area contributed by atoms with Crippen molar-refractivity contribution in [2.45, 2.75) is 51.1 Å². The largest absolute Gasteiger partial charge is 0.348 e. The van der Waals surface area contributed by atoms with Crippen molar-refractivity contribution in [2.24, 2.45) is 0 Å². The summed E-state index contributed by atoms with van der Waals surface area (Å²) in [5, 5.41) is 3.88. The minimum Gasteiger partial charge on any atom is -0.348 e. The molecule has 1 aromatic carbocycles. The summed E-state index contributed by atoms with van der Waals surface area (Å²) in [6, 6.07) is 7.24. The number of nitrogens with zero attached hydrogens (tertiary/aromatic N) is 3. The first kappa shape index (κ1) is 20.7. The molecule has 154 valence electrons. The van der Waals surface area contributed by atoms with Gasteiger partial charge in [-0.1, -0.05) is 6.92 Å². The number of aryl methyl sites for hydroxylation is 1. The second kappa shape index (κ2) is 8.53. The third-order valence-electron chi connectivity index (χ3n) is 5.45. The van der Waals surface area contributed by atoms with E-state index in [1.165, 1.54) is 4.31 Å². The molecule has 0 saturated carbocycles. The number of amides is 2. The molecule has 2 aromatic rings. The van der Waals surface area contributed by atoms with Gasteiger partial charge in [-0.2, -0.15) is 4.31 Å². The number of urea groups is 1. The normalized spacial score (nSPS) is 17.5. The van der Waals surface area contributed by atoms with Crippen LogP contribution in [0, 0.1) is 0 Å². The summed E-state index contributed by atoms with van der Waals surface area (Å²) in [5.74, 6) is 0. The molecule has 1 fully saturated rings. The zero-order chi connectivity index (χ0) is 20.3. The Morgan fingerprint density at radius 3 is 2.64 bits per heavy atom. The number of rotatable bonds is 5. The first-order valence-electron chi connectivity index (χ1n) is 10.0. The molecule has 0 radical (unpaired) electrons. The fourth-order valence-corrected chi connectivity index (χ4v) is 5.01. The lowest BCUT2D eigenvalue weighted by atomic mass is 10.2. The third kappa shape index (κ3) is 4.17. The zero-order valence-corrected chi connectivity index (χ0v) is 17.7. The maximum atomic E-state index is 13.2. The molecule has 8 heteroatoms. The number of hydrogen-bond donors (Lipinski definition) is 1. The summed E-state index contributed by atoms with van der Waals surface area (Å²) in [7, 11) is -3.59. The van der Waals surface area contributed by atoms with Gasteiger partial charge in [0.15, 0.2) is 0 Å². The van der Waals surface area contributed by atoms with Gasteiger partial charge in [-0.15, -0.1) is 0 Å². The predicted molar refractivity (Wildman–Crippen MR) is 111 cm³/mol. The van der Waals surface area contributed by atoms with E-state index in [0.717, 1.165) is 23.9 Å². The molecule has 1 unspecified atom stereocenters. The average Bonchev–Trinajstić information content (AvgIpc) is 2.92. The van der Waals surface area contributed by atoms with Crippen LogP contribution in [0.5, 0.6) is 0 Å². The van der Waals surface area contributed by atoms with Gasteiger partial charge in [0, 0.05) is 55.9 Å². The van der Waals surface area contributed by atoms with Crippen LogP contribution in [0.2, 0.25) is 0 Å². The third-order valence-corrected chi connectivity index (χ3v) is 7.34. The Hall–Kier alpha value is -2.06. The van der Waals surface area contributed by atoms with Crippen LogP contribution in [0.1, 0.15) is 33.6 Å². The molecular weight excluding hydrogens is 376 g/mol.